The molecule has 0 atom stereocenters. The number of aromatic nitrogens is 1. The molecule has 0 bridgehead atoms. The Balaban J connectivity index is 2.07. The van der Waals surface area contributed by atoms with Crippen LogP contribution < -0.4 is 0 Å². The SMILES string of the molecule is CCOC(=O)c1csc(Cc2ccc(C(C)(C)C)cc2)n1. The number of nitrogens with zero attached hydrogens (tertiary/aromatic N) is 1. The summed E-state index contributed by atoms with van der Waals surface area (Å²) in [5.74, 6) is -0.344. The molecular weight excluding hydrogens is 282 g/mol. The third-order valence-electron chi connectivity index (χ3n) is 3.21. The van der Waals surface area contributed by atoms with E-state index in [4.69, 9.17) is 4.74 Å². The number of carbonyl (C=O) groups is 1. The first-order chi connectivity index (χ1) is 9.90. The maximum atomic E-state index is 11.6. The summed E-state index contributed by atoms with van der Waals surface area (Å²) in [6.45, 7) is 8.78. The predicted octanol–water partition coefficient (Wildman–Crippen LogP) is 4.21. The topological polar surface area (TPSA) is 39.2 Å². The standard InChI is InChI=1S/C17H21NO2S/c1-5-20-16(19)14-11-21-15(18-14)10-12-6-8-13(9-7-12)17(2,3)4/h6-9,11H,5,10H2,1-4H3. The summed E-state index contributed by atoms with van der Waals surface area (Å²) in [6, 6.07) is 8.59. The lowest BCUT2D eigenvalue weighted by Gasteiger charge is -2.19. The normalized spacial score (nSPS) is 11.4. The second-order valence-corrected chi connectivity index (χ2v) is 6.91. The van der Waals surface area contributed by atoms with Crippen molar-refractivity contribution < 1.29 is 9.53 Å². The monoisotopic (exact) mass is 303 g/mol. The quantitative estimate of drug-likeness (QED) is 0.794. The molecule has 2 aromatic rings. The van der Waals surface area contributed by atoms with Gasteiger partial charge in [-0.3, -0.25) is 0 Å². The molecule has 0 saturated carbocycles. The van der Waals surface area contributed by atoms with Crippen molar-refractivity contribution in [2.45, 2.75) is 39.5 Å². The number of benzene rings is 1. The van der Waals surface area contributed by atoms with Crippen LogP contribution in [-0.4, -0.2) is 17.6 Å². The second kappa shape index (κ2) is 6.39. The fraction of sp³-hybridized carbons (Fsp3) is 0.412. The minimum absolute atomic E-state index is 0.163. The van der Waals surface area contributed by atoms with Gasteiger partial charge in [-0.15, -0.1) is 11.3 Å². The van der Waals surface area contributed by atoms with Crippen LogP contribution in [-0.2, 0) is 16.6 Å². The van der Waals surface area contributed by atoms with Gasteiger partial charge < -0.3 is 4.74 Å². The predicted molar refractivity (Wildman–Crippen MR) is 86.0 cm³/mol. The molecule has 1 aromatic heterocycles. The molecule has 0 fully saturated rings. The van der Waals surface area contributed by atoms with E-state index >= 15 is 0 Å². The number of thiazole rings is 1. The lowest BCUT2D eigenvalue weighted by Crippen LogP contribution is -2.10. The number of hydrogen-bond donors (Lipinski definition) is 0. The van der Waals surface area contributed by atoms with Crippen LogP contribution in [0.3, 0.4) is 0 Å². The van der Waals surface area contributed by atoms with Crippen LogP contribution in [0, 0.1) is 0 Å². The summed E-state index contributed by atoms with van der Waals surface area (Å²) in [4.78, 5) is 15.9. The van der Waals surface area contributed by atoms with E-state index in [0.29, 0.717) is 12.3 Å². The minimum atomic E-state index is -0.344. The van der Waals surface area contributed by atoms with Crippen LogP contribution in [0.5, 0.6) is 0 Å². The van der Waals surface area contributed by atoms with Crippen molar-refractivity contribution in [3.05, 3.63) is 51.5 Å². The molecule has 0 amide bonds. The van der Waals surface area contributed by atoms with Crippen molar-refractivity contribution in [3.8, 4) is 0 Å². The summed E-state index contributed by atoms with van der Waals surface area (Å²) < 4.78 is 4.95. The van der Waals surface area contributed by atoms with Crippen molar-refractivity contribution in [3.63, 3.8) is 0 Å². The highest BCUT2D eigenvalue weighted by atomic mass is 32.1. The van der Waals surface area contributed by atoms with E-state index in [2.05, 4.69) is 50.0 Å². The van der Waals surface area contributed by atoms with E-state index in [0.717, 1.165) is 11.4 Å². The van der Waals surface area contributed by atoms with Crippen molar-refractivity contribution in [1.29, 1.82) is 0 Å². The van der Waals surface area contributed by atoms with Crippen molar-refractivity contribution >= 4 is 17.3 Å². The molecule has 0 spiro atoms. The van der Waals surface area contributed by atoms with Crippen LogP contribution >= 0.6 is 11.3 Å². The van der Waals surface area contributed by atoms with Gasteiger partial charge in [-0.1, -0.05) is 45.0 Å². The van der Waals surface area contributed by atoms with Gasteiger partial charge in [-0.2, -0.15) is 0 Å². The van der Waals surface area contributed by atoms with Crippen LogP contribution in [0.15, 0.2) is 29.6 Å². The maximum absolute atomic E-state index is 11.6. The van der Waals surface area contributed by atoms with Gasteiger partial charge in [0.25, 0.3) is 0 Å². The molecule has 0 aliphatic carbocycles. The Labute approximate surface area is 130 Å². The van der Waals surface area contributed by atoms with Gasteiger partial charge in [0.15, 0.2) is 5.69 Å². The Bertz CT molecular complexity index is 608. The minimum Gasteiger partial charge on any atom is -0.461 e. The first kappa shape index (κ1) is 15.7. The molecule has 0 N–H and O–H groups in total. The fourth-order valence-corrected chi connectivity index (χ4v) is 2.79. The van der Waals surface area contributed by atoms with Gasteiger partial charge in [0.1, 0.15) is 0 Å². The molecule has 0 radical (unpaired) electrons. The summed E-state index contributed by atoms with van der Waals surface area (Å²) in [5.41, 5.74) is 3.09. The average Bonchev–Trinajstić information content (AvgIpc) is 2.87. The van der Waals surface area contributed by atoms with Crippen LogP contribution in [0.25, 0.3) is 0 Å². The molecule has 1 heterocycles. The first-order valence-electron chi connectivity index (χ1n) is 7.11. The van der Waals surface area contributed by atoms with E-state index in [9.17, 15) is 4.79 Å². The Morgan fingerprint density at radius 2 is 1.90 bits per heavy atom. The smallest absolute Gasteiger partial charge is 0.357 e. The lowest BCUT2D eigenvalue weighted by atomic mass is 9.86. The third-order valence-corrected chi connectivity index (χ3v) is 4.06. The molecule has 1 aromatic carbocycles. The second-order valence-electron chi connectivity index (χ2n) is 5.97. The highest BCUT2D eigenvalue weighted by molar-refractivity contribution is 7.09. The Hall–Kier alpha value is -1.68. The molecule has 0 saturated heterocycles. The van der Waals surface area contributed by atoms with Crippen LogP contribution in [0.2, 0.25) is 0 Å². The average molecular weight is 303 g/mol. The van der Waals surface area contributed by atoms with E-state index in [1.54, 1.807) is 12.3 Å². The molecule has 21 heavy (non-hydrogen) atoms. The molecule has 0 aliphatic heterocycles. The van der Waals surface area contributed by atoms with Gasteiger partial charge in [0.05, 0.1) is 11.6 Å². The van der Waals surface area contributed by atoms with Gasteiger partial charge in [-0.05, 0) is 23.5 Å². The zero-order valence-electron chi connectivity index (χ0n) is 13.0. The zero-order valence-corrected chi connectivity index (χ0v) is 13.8. The molecule has 4 heteroatoms. The molecule has 0 aliphatic rings. The number of hydrogen-bond acceptors (Lipinski definition) is 4. The Kier molecular flexibility index (Phi) is 4.78. The van der Waals surface area contributed by atoms with Crippen molar-refractivity contribution in [2.75, 3.05) is 6.61 Å². The van der Waals surface area contributed by atoms with Crippen LogP contribution in [0.1, 0.15) is 54.3 Å². The summed E-state index contributed by atoms with van der Waals surface area (Å²) in [6.07, 6.45) is 0.745. The summed E-state index contributed by atoms with van der Waals surface area (Å²) in [5, 5.41) is 2.69. The number of ether oxygens (including phenoxy) is 1. The molecule has 2 rings (SSSR count). The number of rotatable bonds is 4. The molecular formula is C17H21NO2S. The van der Waals surface area contributed by atoms with Gasteiger partial charge in [-0.25, -0.2) is 9.78 Å². The zero-order chi connectivity index (χ0) is 15.5. The van der Waals surface area contributed by atoms with E-state index in [1.165, 1.54) is 22.5 Å². The van der Waals surface area contributed by atoms with Gasteiger partial charge in [0.2, 0.25) is 0 Å². The molecule has 0 unspecified atom stereocenters. The van der Waals surface area contributed by atoms with Gasteiger partial charge in [0, 0.05) is 11.8 Å². The maximum Gasteiger partial charge on any atom is 0.357 e. The van der Waals surface area contributed by atoms with Crippen LogP contribution in [0.4, 0.5) is 0 Å². The summed E-state index contributed by atoms with van der Waals surface area (Å²) in [7, 11) is 0. The third kappa shape index (κ3) is 4.14. The number of esters is 1. The largest absolute Gasteiger partial charge is 0.461 e. The van der Waals surface area contributed by atoms with E-state index in [-0.39, 0.29) is 11.4 Å². The Morgan fingerprint density at radius 1 is 1.24 bits per heavy atom. The lowest BCUT2D eigenvalue weighted by molar-refractivity contribution is 0.0520. The van der Waals surface area contributed by atoms with E-state index in [1.807, 2.05) is 0 Å². The first-order valence-corrected chi connectivity index (χ1v) is 7.99. The highest BCUT2D eigenvalue weighted by Crippen LogP contribution is 2.23. The van der Waals surface area contributed by atoms with Gasteiger partial charge >= 0.3 is 5.97 Å². The van der Waals surface area contributed by atoms with Crippen molar-refractivity contribution in [2.24, 2.45) is 0 Å². The molecule has 3 nitrogen and oxygen atoms in total. The number of carbonyl (C=O) groups excluding carboxylic acids is 1. The highest BCUT2D eigenvalue weighted by Gasteiger charge is 2.14. The Morgan fingerprint density at radius 3 is 2.48 bits per heavy atom. The summed E-state index contributed by atoms with van der Waals surface area (Å²) >= 11 is 1.50. The fourth-order valence-electron chi connectivity index (χ4n) is 1.99. The van der Waals surface area contributed by atoms with E-state index < -0.39 is 0 Å². The molecule has 112 valence electrons. The van der Waals surface area contributed by atoms with Crippen molar-refractivity contribution in [1.82, 2.24) is 4.98 Å².